The van der Waals surface area contributed by atoms with Crippen molar-refractivity contribution in [2.24, 2.45) is 0 Å². The Morgan fingerprint density at radius 3 is 2.63 bits per heavy atom. The Morgan fingerprint density at radius 1 is 1.26 bits per heavy atom. The number of likely N-dealkylation sites (N-methyl/N-ethyl adjacent to an activating group) is 1. The highest BCUT2D eigenvalue weighted by Crippen LogP contribution is 2.41. The number of benzene rings is 1. The number of aliphatic hydroxyl groups is 1. The predicted molar refractivity (Wildman–Crippen MR) is 129 cm³/mol. The van der Waals surface area contributed by atoms with Crippen LogP contribution in [0, 0.1) is 20.8 Å². The average Bonchev–Trinajstić information content (AvgIpc) is 3.11. The first-order valence-electron chi connectivity index (χ1n) is 11.3. The molecule has 4 rings (SSSR count). The van der Waals surface area contributed by atoms with Crippen molar-refractivity contribution in [3.05, 3.63) is 40.2 Å². The van der Waals surface area contributed by atoms with Crippen molar-refractivity contribution in [3.8, 4) is 28.4 Å². The third kappa shape index (κ3) is 5.55. The maximum absolute atomic E-state index is 13.5. The van der Waals surface area contributed by atoms with Gasteiger partial charge in [0.15, 0.2) is 5.82 Å². The highest BCUT2D eigenvalue weighted by atomic mass is 35.5. The van der Waals surface area contributed by atoms with Gasteiger partial charge in [-0.15, -0.1) is 0 Å². The number of nitrogens with zero attached hydrogens (tertiary/aromatic N) is 3. The van der Waals surface area contributed by atoms with Gasteiger partial charge in [-0.05, 0) is 46.0 Å². The van der Waals surface area contributed by atoms with Crippen LogP contribution < -0.4 is 15.4 Å². The highest BCUT2D eigenvalue weighted by Gasteiger charge is 2.45. The Kier molecular flexibility index (Phi) is 7.25. The fraction of sp³-hybridized carbons (Fsp3) is 0.458. The molecule has 0 bridgehead atoms. The molecule has 0 amide bonds. The van der Waals surface area contributed by atoms with Gasteiger partial charge in [0, 0.05) is 36.6 Å². The van der Waals surface area contributed by atoms with E-state index < -0.39 is 18.1 Å². The van der Waals surface area contributed by atoms with E-state index in [0.717, 1.165) is 0 Å². The van der Waals surface area contributed by atoms with Crippen LogP contribution in [-0.2, 0) is 0 Å². The second-order valence-corrected chi connectivity index (χ2v) is 9.25. The number of aromatic nitrogens is 3. The lowest BCUT2D eigenvalue weighted by Gasteiger charge is -2.36. The SMILES string of the molecule is CNC[C@@H](O)COc1ccc(Cl)c(-c2nc(NC3CC(F)(F)C3)c(C)c(-c3c(C)noc3C)n2)c1. The smallest absolute Gasteiger partial charge is 0.252 e. The van der Waals surface area contributed by atoms with E-state index in [1.807, 2.05) is 13.8 Å². The number of aliphatic hydroxyl groups excluding tert-OH is 1. The van der Waals surface area contributed by atoms with Crippen LogP contribution in [0.5, 0.6) is 5.75 Å². The molecule has 2 aromatic heterocycles. The van der Waals surface area contributed by atoms with Gasteiger partial charge in [0.25, 0.3) is 5.92 Å². The largest absolute Gasteiger partial charge is 0.491 e. The van der Waals surface area contributed by atoms with Crippen LogP contribution in [-0.4, -0.2) is 58.5 Å². The minimum absolute atomic E-state index is 0.0870. The van der Waals surface area contributed by atoms with Gasteiger partial charge in [-0.1, -0.05) is 16.8 Å². The average molecular weight is 508 g/mol. The van der Waals surface area contributed by atoms with Crippen LogP contribution in [0.4, 0.5) is 14.6 Å². The van der Waals surface area contributed by atoms with Crippen LogP contribution >= 0.6 is 11.6 Å². The van der Waals surface area contributed by atoms with Gasteiger partial charge in [-0.2, -0.15) is 0 Å². The summed E-state index contributed by atoms with van der Waals surface area (Å²) in [4.78, 5) is 9.43. The minimum atomic E-state index is -2.67. The zero-order valence-corrected chi connectivity index (χ0v) is 20.7. The molecule has 35 heavy (non-hydrogen) atoms. The van der Waals surface area contributed by atoms with E-state index in [4.69, 9.17) is 25.8 Å². The number of anilines is 1. The van der Waals surface area contributed by atoms with Crippen LogP contribution in [0.2, 0.25) is 5.02 Å². The van der Waals surface area contributed by atoms with Gasteiger partial charge < -0.3 is 25.0 Å². The van der Waals surface area contributed by atoms with E-state index in [1.165, 1.54) is 0 Å². The quantitative estimate of drug-likeness (QED) is 0.387. The lowest BCUT2D eigenvalue weighted by atomic mass is 9.88. The second kappa shape index (κ2) is 10.0. The number of nitrogens with one attached hydrogen (secondary N) is 2. The number of rotatable bonds is 9. The van der Waals surface area contributed by atoms with Crippen molar-refractivity contribution in [2.75, 3.05) is 25.5 Å². The van der Waals surface area contributed by atoms with E-state index in [-0.39, 0.29) is 19.4 Å². The normalized spacial score (nSPS) is 16.1. The van der Waals surface area contributed by atoms with Crippen molar-refractivity contribution < 1.29 is 23.1 Å². The van der Waals surface area contributed by atoms with Crippen molar-refractivity contribution in [2.45, 2.75) is 51.7 Å². The van der Waals surface area contributed by atoms with Crippen LogP contribution in [0.15, 0.2) is 22.7 Å². The predicted octanol–water partition coefficient (Wildman–Crippen LogP) is 4.55. The van der Waals surface area contributed by atoms with Crippen molar-refractivity contribution >= 4 is 17.4 Å². The fourth-order valence-electron chi connectivity index (χ4n) is 4.05. The highest BCUT2D eigenvalue weighted by molar-refractivity contribution is 6.33. The lowest BCUT2D eigenvalue weighted by molar-refractivity contribution is -0.0794. The molecule has 1 saturated carbocycles. The van der Waals surface area contributed by atoms with Gasteiger partial charge in [0.1, 0.15) is 30.0 Å². The van der Waals surface area contributed by atoms with Crippen molar-refractivity contribution in [1.82, 2.24) is 20.4 Å². The molecule has 1 aromatic carbocycles. The molecule has 1 fully saturated rings. The summed E-state index contributed by atoms with van der Waals surface area (Å²) in [6.07, 6.45) is -1.20. The first-order valence-corrected chi connectivity index (χ1v) is 11.7. The molecule has 0 unspecified atom stereocenters. The molecule has 1 aliphatic carbocycles. The third-order valence-electron chi connectivity index (χ3n) is 5.91. The maximum atomic E-state index is 13.5. The summed E-state index contributed by atoms with van der Waals surface area (Å²) in [6, 6.07) is 4.64. The van der Waals surface area contributed by atoms with E-state index >= 15 is 0 Å². The number of ether oxygens (including phenoxy) is 1. The molecule has 3 aromatic rings. The third-order valence-corrected chi connectivity index (χ3v) is 6.24. The molecule has 0 radical (unpaired) electrons. The van der Waals surface area contributed by atoms with Gasteiger partial charge in [0.2, 0.25) is 0 Å². The second-order valence-electron chi connectivity index (χ2n) is 8.84. The fourth-order valence-corrected chi connectivity index (χ4v) is 4.25. The summed E-state index contributed by atoms with van der Waals surface area (Å²) in [7, 11) is 1.74. The summed E-state index contributed by atoms with van der Waals surface area (Å²) >= 11 is 6.51. The maximum Gasteiger partial charge on any atom is 0.252 e. The zero-order valence-electron chi connectivity index (χ0n) is 20.0. The molecule has 1 atom stereocenters. The summed E-state index contributed by atoms with van der Waals surface area (Å²) in [6.45, 7) is 5.90. The topological polar surface area (TPSA) is 105 Å². The zero-order chi connectivity index (χ0) is 25.3. The molecule has 0 aliphatic heterocycles. The standard InChI is InChI=1S/C24H28ClF2N5O3/c1-12-21(20-13(2)32-35-14(20)3)30-23(31-22(12)29-15-8-24(26,27)9-15)18-7-17(5-6-19(18)25)34-11-16(33)10-28-4/h5-7,15-16,28,33H,8-11H2,1-4H3,(H,29,30,31)/t16-/m1/s1. The summed E-state index contributed by atoms with van der Waals surface area (Å²) < 4.78 is 38.0. The van der Waals surface area contributed by atoms with Gasteiger partial charge in [0.05, 0.1) is 22.0 Å². The van der Waals surface area contributed by atoms with Crippen LogP contribution in [0.3, 0.4) is 0 Å². The van der Waals surface area contributed by atoms with E-state index in [1.54, 1.807) is 32.2 Å². The molecule has 1 aliphatic rings. The molecule has 3 N–H and O–H groups in total. The molecule has 8 nitrogen and oxygen atoms in total. The first kappa shape index (κ1) is 25.3. The van der Waals surface area contributed by atoms with E-state index in [9.17, 15) is 13.9 Å². The number of hydrogen-bond donors (Lipinski definition) is 3. The number of halogens is 3. The number of hydrogen-bond acceptors (Lipinski definition) is 8. The number of alkyl halides is 2. The molecule has 2 heterocycles. The van der Waals surface area contributed by atoms with Crippen LogP contribution in [0.1, 0.15) is 29.9 Å². The lowest BCUT2D eigenvalue weighted by Crippen LogP contribution is -2.44. The Morgan fingerprint density at radius 2 is 2.00 bits per heavy atom. The van der Waals surface area contributed by atoms with Gasteiger partial charge >= 0.3 is 0 Å². The van der Waals surface area contributed by atoms with Gasteiger partial charge in [-0.3, -0.25) is 0 Å². The molecular weight excluding hydrogens is 480 g/mol. The first-order chi connectivity index (χ1) is 16.6. The summed E-state index contributed by atoms with van der Waals surface area (Å²) in [5.41, 5.74) is 3.14. The van der Waals surface area contributed by atoms with E-state index in [2.05, 4.69) is 20.8 Å². The molecule has 11 heteroatoms. The molecule has 0 spiro atoms. The molecule has 188 valence electrons. The van der Waals surface area contributed by atoms with Crippen molar-refractivity contribution in [3.63, 3.8) is 0 Å². The molecule has 0 saturated heterocycles. The Balaban J connectivity index is 1.75. The van der Waals surface area contributed by atoms with Crippen molar-refractivity contribution in [1.29, 1.82) is 0 Å². The Hall–Kier alpha value is -2.82. The summed E-state index contributed by atoms with van der Waals surface area (Å²) in [5, 5.41) is 20.4. The monoisotopic (exact) mass is 507 g/mol. The number of aryl methyl sites for hydroxylation is 2. The molecular formula is C24H28ClF2N5O3. The van der Waals surface area contributed by atoms with Crippen LogP contribution in [0.25, 0.3) is 22.6 Å². The van der Waals surface area contributed by atoms with Gasteiger partial charge in [-0.25, -0.2) is 18.7 Å². The van der Waals surface area contributed by atoms with E-state index in [0.29, 0.717) is 62.8 Å². The Labute approximate surface area is 207 Å². The minimum Gasteiger partial charge on any atom is -0.491 e. The Bertz CT molecular complexity index is 1190. The summed E-state index contributed by atoms with van der Waals surface area (Å²) in [5.74, 6) is -0.866.